The Labute approximate surface area is 211 Å². The molecule has 0 aliphatic carbocycles. The van der Waals surface area contributed by atoms with Gasteiger partial charge in [0, 0.05) is 36.8 Å². The summed E-state index contributed by atoms with van der Waals surface area (Å²) >= 11 is 1.56. The summed E-state index contributed by atoms with van der Waals surface area (Å²) in [6.07, 6.45) is 3.70. The Kier molecular flexibility index (Phi) is 10.9. The Hall–Kier alpha value is -1.84. The van der Waals surface area contributed by atoms with E-state index in [1.54, 1.807) is 24.6 Å². The number of piperazine rings is 1. The summed E-state index contributed by atoms with van der Waals surface area (Å²) in [6.45, 7) is 6.56. The first kappa shape index (κ1) is 28.2. The van der Waals surface area contributed by atoms with E-state index in [0.717, 1.165) is 35.3 Å². The van der Waals surface area contributed by atoms with E-state index in [1.165, 1.54) is 0 Å². The molecule has 1 N–H and O–H groups in total. The molecule has 0 saturated carbocycles. The number of rotatable bonds is 5. The third-order valence-corrected chi connectivity index (χ3v) is 6.15. The van der Waals surface area contributed by atoms with Crippen LogP contribution in [0.1, 0.15) is 13.8 Å². The minimum absolute atomic E-state index is 0. The molecule has 2 unspecified atom stereocenters. The van der Waals surface area contributed by atoms with Gasteiger partial charge in [-0.25, -0.2) is 15.0 Å². The Morgan fingerprint density at radius 3 is 2.44 bits per heavy atom. The molecule has 3 aromatic heterocycles. The van der Waals surface area contributed by atoms with Gasteiger partial charge in [0.1, 0.15) is 16.5 Å². The molecule has 0 spiro atoms. The number of nitrogens with zero attached hydrogens (tertiary/aromatic N) is 5. The van der Waals surface area contributed by atoms with Crippen molar-refractivity contribution in [3.63, 3.8) is 0 Å². The summed E-state index contributed by atoms with van der Waals surface area (Å²) in [5, 5.41) is 6.10. The van der Waals surface area contributed by atoms with Gasteiger partial charge < -0.3 is 15.0 Å². The summed E-state index contributed by atoms with van der Waals surface area (Å²) in [5.74, 6) is 2.02. The van der Waals surface area contributed by atoms with E-state index in [-0.39, 0.29) is 37.2 Å². The van der Waals surface area contributed by atoms with E-state index in [9.17, 15) is 0 Å². The normalized spacial score (nSPS) is 18.1. The highest BCUT2D eigenvalue weighted by molar-refractivity contribution is 7.13. The number of halogens is 3. The Morgan fingerprint density at radius 1 is 1.03 bits per heavy atom. The van der Waals surface area contributed by atoms with E-state index in [0.29, 0.717) is 23.7 Å². The first-order chi connectivity index (χ1) is 14.0. The Bertz CT molecular complexity index is 961. The van der Waals surface area contributed by atoms with Crippen LogP contribution in [-0.4, -0.2) is 59.2 Å². The molecule has 0 radical (unpaired) electrons. The molecular weight excluding hydrogens is 491 g/mol. The van der Waals surface area contributed by atoms with Gasteiger partial charge in [-0.3, -0.25) is 4.90 Å². The van der Waals surface area contributed by atoms with Crippen LogP contribution >= 0.6 is 48.6 Å². The summed E-state index contributed by atoms with van der Waals surface area (Å²) in [5.41, 5.74) is 1.94. The fraction of sp³-hybridized carbons (Fsp3) is 0.381. The average Bonchev–Trinajstić information content (AvgIpc) is 3.26. The van der Waals surface area contributed by atoms with Crippen LogP contribution in [0.3, 0.4) is 0 Å². The Balaban J connectivity index is 0.00000171. The van der Waals surface area contributed by atoms with Crippen LogP contribution in [0.5, 0.6) is 5.75 Å². The minimum Gasteiger partial charge on any atom is -0.493 e. The number of aromatic nitrogens is 3. The number of likely N-dealkylation sites (N-methyl/N-ethyl adjacent to an activating group) is 1. The predicted molar refractivity (Wildman–Crippen MR) is 140 cm³/mol. The van der Waals surface area contributed by atoms with Crippen molar-refractivity contribution in [1.29, 1.82) is 0 Å². The van der Waals surface area contributed by atoms with Crippen LogP contribution in [0.25, 0.3) is 10.7 Å². The topological polar surface area (TPSA) is 66.4 Å². The number of methoxy groups -OCH3 is 1. The monoisotopic (exact) mass is 518 g/mol. The molecular formula is C21H29Cl3N6OS. The van der Waals surface area contributed by atoms with Crippen molar-refractivity contribution in [3.05, 3.63) is 42.0 Å². The predicted octanol–water partition coefficient (Wildman–Crippen LogP) is 5.15. The number of hydrogen-bond donors (Lipinski definition) is 1. The summed E-state index contributed by atoms with van der Waals surface area (Å²) in [4.78, 5) is 18.5. The maximum absolute atomic E-state index is 5.46. The van der Waals surface area contributed by atoms with Gasteiger partial charge in [-0.1, -0.05) is 0 Å². The number of pyridine rings is 2. The molecule has 0 aromatic carbocycles. The first-order valence-corrected chi connectivity index (χ1v) is 10.6. The van der Waals surface area contributed by atoms with Gasteiger partial charge in [-0.05, 0) is 45.2 Å². The molecule has 3 aromatic rings. The van der Waals surface area contributed by atoms with Gasteiger partial charge in [0.2, 0.25) is 0 Å². The summed E-state index contributed by atoms with van der Waals surface area (Å²) in [7, 11) is 3.82. The number of thiazole rings is 1. The van der Waals surface area contributed by atoms with E-state index in [2.05, 4.69) is 57.0 Å². The Morgan fingerprint density at radius 2 is 1.81 bits per heavy atom. The van der Waals surface area contributed by atoms with Crippen LogP contribution in [0, 0.1) is 0 Å². The maximum atomic E-state index is 5.46. The van der Waals surface area contributed by atoms with Gasteiger partial charge >= 0.3 is 0 Å². The summed E-state index contributed by atoms with van der Waals surface area (Å²) < 4.78 is 5.46. The molecule has 2 atom stereocenters. The molecule has 0 bridgehead atoms. The fourth-order valence-corrected chi connectivity index (χ4v) is 4.19. The second-order valence-electron chi connectivity index (χ2n) is 7.40. The summed E-state index contributed by atoms with van der Waals surface area (Å²) in [6, 6.07) is 8.88. The van der Waals surface area contributed by atoms with Crippen molar-refractivity contribution in [2.45, 2.75) is 25.9 Å². The second-order valence-corrected chi connectivity index (χ2v) is 8.30. The van der Waals surface area contributed by atoms with Crippen molar-refractivity contribution in [2.75, 3.05) is 37.5 Å². The van der Waals surface area contributed by atoms with Crippen molar-refractivity contribution >= 4 is 65.9 Å². The zero-order valence-electron chi connectivity index (χ0n) is 18.4. The van der Waals surface area contributed by atoms with Gasteiger partial charge in [0.05, 0.1) is 19.0 Å². The standard InChI is InChI=1S/C21H26N6OS.3ClH/c1-14-13-27(15(2)12-26(14)3)16-5-8-19(23-11-16)25-20-18(28-4)7-6-17(24-20)21-22-9-10-29-21;;;/h5-11,14-15H,12-13H2,1-4H3,(H,23,24,25);3*1H. The largest absolute Gasteiger partial charge is 0.493 e. The second kappa shape index (κ2) is 12.4. The van der Waals surface area contributed by atoms with Gasteiger partial charge in [-0.2, -0.15) is 0 Å². The van der Waals surface area contributed by atoms with Crippen LogP contribution in [0.4, 0.5) is 17.3 Å². The van der Waals surface area contributed by atoms with E-state index in [1.807, 2.05) is 29.8 Å². The van der Waals surface area contributed by atoms with Crippen molar-refractivity contribution in [1.82, 2.24) is 19.9 Å². The maximum Gasteiger partial charge on any atom is 0.175 e. The van der Waals surface area contributed by atoms with Crippen LogP contribution in [0.15, 0.2) is 42.0 Å². The van der Waals surface area contributed by atoms with E-state index < -0.39 is 0 Å². The molecule has 7 nitrogen and oxygen atoms in total. The molecule has 1 saturated heterocycles. The molecule has 1 fully saturated rings. The average molecular weight is 520 g/mol. The lowest BCUT2D eigenvalue weighted by Gasteiger charge is -2.43. The number of ether oxygens (including phenoxy) is 1. The van der Waals surface area contributed by atoms with Crippen LogP contribution < -0.4 is 15.0 Å². The van der Waals surface area contributed by atoms with Crippen molar-refractivity contribution in [2.24, 2.45) is 0 Å². The number of hydrogen-bond acceptors (Lipinski definition) is 8. The first-order valence-electron chi connectivity index (χ1n) is 9.70. The fourth-order valence-electron chi connectivity index (χ4n) is 3.58. The molecule has 1 aliphatic heterocycles. The SMILES string of the molecule is COc1ccc(-c2nccs2)nc1Nc1ccc(N2CC(C)N(C)CC2C)cn1.Cl.Cl.Cl. The molecule has 32 heavy (non-hydrogen) atoms. The minimum atomic E-state index is 0. The number of anilines is 3. The highest BCUT2D eigenvalue weighted by Crippen LogP contribution is 2.30. The molecule has 4 rings (SSSR count). The van der Waals surface area contributed by atoms with Crippen molar-refractivity contribution < 1.29 is 4.74 Å². The zero-order valence-corrected chi connectivity index (χ0v) is 21.7. The lowest BCUT2D eigenvalue weighted by atomic mass is 10.1. The molecule has 4 heterocycles. The van der Waals surface area contributed by atoms with Crippen LogP contribution in [0.2, 0.25) is 0 Å². The lowest BCUT2D eigenvalue weighted by molar-refractivity contribution is 0.206. The number of nitrogens with one attached hydrogen (secondary N) is 1. The van der Waals surface area contributed by atoms with Crippen LogP contribution in [-0.2, 0) is 0 Å². The molecule has 0 amide bonds. The van der Waals surface area contributed by atoms with E-state index in [4.69, 9.17) is 4.74 Å². The van der Waals surface area contributed by atoms with Gasteiger partial charge in [0.15, 0.2) is 11.6 Å². The van der Waals surface area contributed by atoms with E-state index >= 15 is 0 Å². The smallest absolute Gasteiger partial charge is 0.175 e. The third-order valence-electron chi connectivity index (χ3n) is 5.35. The van der Waals surface area contributed by atoms with Gasteiger partial charge in [-0.15, -0.1) is 48.6 Å². The molecule has 11 heteroatoms. The zero-order chi connectivity index (χ0) is 20.4. The van der Waals surface area contributed by atoms with Crippen molar-refractivity contribution in [3.8, 4) is 16.5 Å². The molecule has 176 valence electrons. The highest BCUT2D eigenvalue weighted by Gasteiger charge is 2.26. The quantitative estimate of drug-likeness (QED) is 0.500. The highest BCUT2D eigenvalue weighted by atomic mass is 35.5. The molecule has 1 aliphatic rings. The van der Waals surface area contributed by atoms with Gasteiger partial charge in [0.25, 0.3) is 0 Å². The third kappa shape index (κ3) is 6.14. The lowest BCUT2D eigenvalue weighted by Crippen LogP contribution is -2.55.